The highest BCUT2D eigenvalue weighted by molar-refractivity contribution is 4.86. The van der Waals surface area contributed by atoms with Crippen LogP contribution in [-0.4, -0.2) is 24.3 Å². The molecule has 0 heterocycles. The standard InChI is InChI=1S/C7H9F7O/c1-3-4(2)15-5(8,6(9,10)11)7(12,13)14/h4H,3H2,1-2H3. The molecule has 0 saturated carbocycles. The van der Waals surface area contributed by atoms with Gasteiger partial charge in [0.2, 0.25) is 0 Å². The molecule has 0 saturated heterocycles. The van der Waals surface area contributed by atoms with Gasteiger partial charge in [-0.25, -0.2) is 0 Å². The molecule has 0 aromatic heterocycles. The van der Waals surface area contributed by atoms with Crippen LogP contribution in [0, 0.1) is 0 Å². The Morgan fingerprint density at radius 1 is 0.933 bits per heavy atom. The second-order valence-electron chi connectivity index (χ2n) is 2.93. The second-order valence-corrected chi connectivity index (χ2v) is 2.93. The maximum absolute atomic E-state index is 12.8. The molecule has 0 aromatic carbocycles. The van der Waals surface area contributed by atoms with Crippen LogP contribution in [0.5, 0.6) is 0 Å². The first-order valence-electron chi connectivity index (χ1n) is 3.96. The van der Waals surface area contributed by atoms with E-state index in [2.05, 4.69) is 4.74 Å². The summed E-state index contributed by atoms with van der Waals surface area (Å²) in [6, 6.07) is 0. The van der Waals surface area contributed by atoms with Crippen molar-refractivity contribution in [2.75, 3.05) is 0 Å². The van der Waals surface area contributed by atoms with Crippen molar-refractivity contribution in [2.24, 2.45) is 0 Å². The Morgan fingerprint density at radius 3 is 1.47 bits per heavy atom. The van der Waals surface area contributed by atoms with Crippen molar-refractivity contribution >= 4 is 0 Å². The monoisotopic (exact) mass is 242 g/mol. The molecule has 0 aliphatic carbocycles. The van der Waals surface area contributed by atoms with Gasteiger partial charge in [0, 0.05) is 0 Å². The predicted octanol–water partition coefficient (Wildman–Crippen LogP) is 3.59. The minimum Gasteiger partial charge on any atom is -0.329 e. The molecule has 0 amide bonds. The van der Waals surface area contributed by atoms with Crippen LogP contribution in [-0.2, 0) is 4.74 Å². The largest absolute Gasteiger partial charge is 0.458 e. The Labute approximate surface area is 81.2 Å². The van der Waals surface area contributed by atoms with E-state index in [1.165, 1.54) is 6.92 Å². The van der Waals surface area contributed by atoms with E-state index >= 15 is 0 Å². The van der Waals surface area contributed by atoms with E-state index in [4.69, 9.17) is 0 Å². The summed E-state index contributed by atoms with van der Waals surface area (Å²) >= 11 is 0. The van der Waals surface area contributed by atoms with Crippen molar-refractivity contribution in [1.29, 1.82) is 0 Å². The van der Waals surface area contributed by atoms with Crippen molar-refractivity contribution in [3.63, 3.8) is 0 Å². The highest BCUT2D eigenvalue weighted by atomic mass is 19.4. The van der Waals surface area contributed by atoms with Gasteiger partial charge in [-0.3, -0.25) is 0 Å². The summed E-state index contributed by atoms with van der Waals surface area (Å²) < 4.78 is 87.4. The van der Waals surface area contributed by atoms with Gasteiger partial charge in [-0.15, -0.1) is 0 Å². The van der Waals surface area contributed by atoms with Gasteiger partial charge in [0.1, 0.15) is 0 Å². The summed E-state index contributed by atoms with van der Waals surface area (Å²) in [5.41, 5.74) is 0. The molecule has 0 aliphatic heterocycles. The van der Waals surface area contributed by atoms with Crippen molar-refractivity contribution in [2.45, 2.75) is 44.6 Å². The molecule has 0 aromatic rings. The molecule has 8 heteroatoms. The molecule has 0 radical (unpaired) electrons. The molecule has 0 rings (SSSR count). The number of rotatable bonds is 3. The summed E-state index contributed by atoms with van der Waals surface area (Å²) in [5, 5.41) is 0. The van der Waals surface area contributed by atoms with Crippen molar-refractivity contribution in [1.82, 2.24) is 0 Å². The molecule has 92 valence electrons. The fourth-order valence-corrected chi connectivity index (χ4v) is 0.655. The van der Waals surface area contributed by atoms with Crippen molar-refractivity contribution in [3.05, 3.63) is 0 Å². The van der Waals surface area contributed by atoms with Gasteiger partial charge in [0.05, 0.1) is 6.10 Å². The average molecular weight is 242 g/mol. The van der Waals surface area contributed by atoms with Gasteiger partial charge in [-0.2, -0.15) is 30.7 Å². The molecule has 0 bridgehead atoms. The minimum atomic E-state index is -6.14. The fourth-order valence-electron chi connectivity index (χ4n) is 0.655. The van der Waals surface area contributed by atoms with Crippen molar-refractivity contribution in [3.8, 4) is 0 Å². The molecule has 0 fully saturated rings. The van der Waals surface area contributed by atoms with E-state index < -0.39 is 24.3 Å². The first-order chi connectivity index (χ1) is 6.45. The van der Waals surface area contributed by atoms with Crippen LogP contribution in [0.4, 0.5) is 30.7 Å². The van der Waals surface area contributed by atoms with Gasteiger partial charge in [0.15, 0.2) is 0 Å². The first-order valence-corrected chi connectivity index (χ1v) is 3.96. The molecule has 0 spiro atoms. The zero-order chi connectivity index (χ0) is 12.5. The molecular weight excluding hydrogens is 233 g/mol. The van der Waals surface area contributed by atoms with E-state index in [9.17, 15) is 30.7 Å². The number of hydrogen-bond acceptors (Lipinski definition) is 1. The van der Waals surface area contributed by atoms with Crippen molar-refractivity contribution < 1.29 is 35.5 Å². The molecule has 1 nitrogen and oxygen atoms in total. The Morgan fingerprint density at radius 2 is 1.27 bits per heavy atom. The second kappa shape index (κ2) is 4.15. The zero-order valence-corrected chi connectivity index (χ0v) is 7.84. The predicted molar refractivity (Wildman–Crippen MR) is 36.8 cm³/mol. The molecule has 15 heavy (non-hydrogen) atoms. The third-order valence-corrected chi connectivity index (χ3v) is 1.67. The SMILES string of the molecule is CCC(C)OC(F)(C(F)(F)F)C(F)(F)F. The number of halogens is 7. The fraction of sp³-hybridized carbons (Fsp3) is 1.00. The lowest BCUT2D eigenvalue weighted by molar-refractivity contribution is -0.437. The van der Waals surface area contributed by atoms with Crippen LogP contribution >= 0.6 is 0 Å². The molecule has 0 N–H and O–H groups in total. The normalized spacial score (nSPS) is 16.6. The summed E-state index contributed by atoms with van der Waals surface area (Å²) in [6.45, 7) is 2.20. The zero-order valence-electron chi connectivity index (χ0n) is 7.84. The van der Waals surface area contributed by atoms with E-state index in [0.29, 0.717) is 0 Å². The Bertz CT molecular complexity index is 192. The summed E-state index contributed by atoms with van der Waals surface area (Å²) in [4.78, 5) is 0. The van der Waals surface area contributed by atoms with Gasteiger partial charge in [0.25, 0.3) is 0 Å². The third kappa shape index (κ3) is 2.96. The quantitative estimate of drug-likeness (QED) is 0.687. The average Bonchev–Trinajstić information content (AvgIpc) is 1.99. The molecular formula is C7H9F7O. The lowest BCUT2D eigenvalue weighted by Gasteiger charge is -2.31. The van der Waals surface area contributed by atoms with E-state index in [1.807, 2.05) is 0 Å². The van der Waals surface area contributed by atoms with Crippen LogP contribution in [0.25, 0.3) is 0 Å². The van der Waals surface area contributed by atoms with Gasteiger partial charge in [-0.05, 0) is 13.3 Å². The Hall–Kier alpha value is -0.530. The number of hydrogen-bond donors (Lipinski definition) is 0. The lowest BCUT2D eigenvalue weighted by atomic mass is 10.2. The third-order valence-electron chi connectivity index (χ3n) is 1.67. The van der Waals surface area contributed by atoms with Crippen LogP contribution < -0.4 is 0 Å². The highest BCUT2D eigenvalue weighted by Gasteiger charge is 2.74. The Kier molecular flexibility index (Phi) is 4.00. The molecule has 0 aliphatic rings. The van der Waals surface area contributed by atoms with Crippen LogP contribution in [0.15, 0.2) is 0 Å². The summed E-state index contributed by atoms with van der Waals surface area (Å²) in [5.74, 6) is -5.60. The van der Waals surface area contributed by atoms with Crippen LogP contribution in [0.1, 0.15) is 20.3 Å². The Balaban J connectivity index is 5.06. The van der Waals surface area contributed by atoms with Gasteiger partial charge < -0.3 is 4.74 Å². The molecule has 1 atom stereocenters. The summed E-state index contributed by atoms with van der Waals surface area (Å²) in [7, 11) is 0. The maximum Gasteiger partial charge on any atom is 0.458 e. The maximum atomic E-state index is 12.8. The van der Waals surface area contributed by atoms with Crippen LogP contribution in [0.2, 0.25) is 0 Å². The topological polar surface area (TPSA) is 9.23 Å². The van der Waals surface area contributed by atoms with E-state index in [0.717, 1.165) is 6.92 Å². The van der Waals surface area contributed by atoms with Gasteiger partial charge >= 0.3 is 18.2 Å². The van der Waals surface area contributed by atoms with Gasteiger partial charge in [-0.1, -0.05) is 6.92 Å². The van der Waals surface area contributed by atoms with E-state index in [-0.39, 0.29) is 6.42 Å². The van der Waals surface area contributed by atoms with E-state index in [1.54, 1.807) is 0 Å². The number of alkyl halides is 7. The number of ether oxygens (including phenoxy) is 1. The first kappa shape index (κ1) is 14.5. The van der Waals surface area contributed by atoms with Crippen LogP contribution in [0.3, 0.4) is 0 Å². The highest BCUT2D eigenvalue weighted by Crippen LogP contribution is 2.47. The summed E-state index contributed by atoms with van der Waals surface area (Å²) in [6.07, 6.45) is -13.9. The minimum absolute atomic E-state index is 0.169. The molecule has 1 unspecified atom stereocenters. The lowest BCUT2D eigenvalue weighted by Crippen LogP contribution is -2.56. The smallest absolute Gasteiger partial charge is 0.329 e.